The average molecular weight is 653 g/mol. The molecule has 250 valence electrons. The summed E-state index contributed by atoms with van der Waals surface area (Å²) in [6.45, 7) is 2.12. The normalized spacial score (nSPS) is 17.8. The molecule has 6 atom stereocenters. The molecular formula is C29H44N6O9S. The summed E-state index contributed by atoms with van der Waals surface area (Å²) in [6.07, 6.45) is 0.983. The molecule has 1 aromatic carbocycles. The van der Waals surface area contributed by atoms with Gasteiger partial charge in [-0.2, -0.15) is 12.6 Å². The maximum atomic E-state index is 13.4. The highest BCUT2D eigenvalue weighted by atomic mass is 32.1. The van der Waals surface area contributed by atoms with Gasteiger partial charge in [0, 0.05) is 12.3 Å². The minimum Gasteiger partial charge on any atom is -0.480 e. The van der Waals surface area contributed by atoms with Gasteiger partial charge in [0.1, 0.15) is 30.2 Å². The summed E-state index contributed by atoms with van der Waals surface area (Å²) in [6, 6.07) is 1.59. The Balaban J connectivity index is 2.02. The van der Waals surface area contributed by atoms with Gasteiger partial charge in [-0.1, -0.05) is 44.2 Å². The van der Waals surface area contributed by atoms with Crippen LogP contribution in [0.25, 0.3) is 0 Å². The summed E-state index contributed by atoms with van der Waals surface area (Å²) in [5, 5.41) is 38.5. The first kappa shape index (κ1) is 37.5. The van der Waals surface area contributed by atoms with Crippen LogP contribution in [0.1, 0.15) is 38.7 Å². The number of likely N-dealkylation sites (tertiary alicyclic amines) is 1. The Morgan fingerprint density at radius 3 is 1.98 bits per heavy atom. The zero-order valence-electron chi connectivity index (χ0n) is 25.3. The Morgan fingerprint density at radius 2 is 1.44 bits per heavy atom. The van der Waals surface area contributed by atoms with Gasteiger partial charge in [0.25, 0.3) is 0 Å². The van der Waals surface area contributed by atoms with E-state index < -0.39 is 85.0 Å². The molecule has 1 aliphatic heterocycles. The minimum atomic E-state index is -1.47. The number of thiol groups is 1. The van der Waals surface area contributed by atoms with Crippen LogP contribution in [-0.2, 0) is 35.2 Å². The van der Waals surface area contributed by atoms with Crippen molar-refractivity contribution in [1.29, 1.82) is 0 Å². The van der Waals surface area contributed by atoms with Crippen molar-refractivity contribution in [3.05, 3.63) is 35.9 Å². The van der Waals surface area contributed by atoms with Crippen molar-refractivity contribution >= 4 is 48.1 Å². The number of nitrogens with zero attached hydrogens (tertiary/aromatic N) is 1. The summed E-state index contributed by atoms with van der Waals surface area (Å²) in [5.41, 5.74) is 6.77. The molecule has 0 spiro atoms. The van der Waals surface area contributed by atoms with Gasteiger partial charge in [0.05, 0.1) is 19.3 Å². The number of aliphatic hydroxyl groups excluding tert-OH is 2. The molecule has 16 heteroatoms. The zero-order valence-corrected chi connectivity index (χ0v) is 26.2. The van der Waals surface area contributed by atoms with Crippen LogP contribution in [0.15, 0.2) is 30.3 Å². The number of carboxylic acids is 1. The number of nitrogens with one attached hydrogen (secondary N) is 4. The van der Waals surface area contributed by atoms with Crippen LogP contribution in [0.2, 0.25) is 0 Å². The number of aliphatic hydroxyl groups is 2. The van der Waals surface area contributed by atoms with Gasteiger partial charge in [0.2, 0.25) is 29.5 Å². The predicted octanol–water partition coefficient (Wildman–Crippen LogP) is -2.47. The van der Waals surface area contributed by atoms with Gasteiger partial charge < -0.3 is 47.2 Å². The molecule has 0 aliphatic carbocycles. The van der Waals surface area contributed by atoms with Gasteiger partial charge in [0.15, 0.2) is 0 Å². The lowest BCUT2D eigenvalue weighted by Crippen LogP contribution is -2.60. The van der Waals surface area contributed by atoms with E-state index >= 15 is 0 Å². The monoisotopic (exact) mass is 652 g/mol. The van der Waals surface area contributed by atoms with E-state index in [2.05, 4.69) is 33.9 Å². The second kappa shape index (κ2) is 18.3. The molecule has 0 unspecified atom stereocenters. The van der Waals surface area contributed by atoms with Crippen molar-refractivity contribution in [2.45, 2.75) is 75.8 Å². The molecule has 45 heavy (non-hydrogen) atoms. The Bertz CT molecular complexity index is 1190. The van der Waals surface area contributed by atoms with Crippen LogP contribution in [-0.4, -0.2) is 117 Å². The van der Waals surface area contributed by atoms with Crippen molar-refractivity contribution in [3.63, 3.8) is 0 Å². The number of aliphatic carboxylic acids is 1. The first-order chi connectivity index (χ1) is 21.3. The molecule has 1 aromatic rings. The largest absolute Gasteiger partial charge is 0.480 e. The molecule has 9 N–H and O–H groups in total. The number of benzene rings is 1. The molecule has 1 heterocycles. The van der Waals surface area contributed by atoms with E-state index in [1.807, 2.05) is 6.07 Å². The number of carbonyl (C=O) groups is 6. The standard InChI is InChI=1S/C29H44N6O9S/c1-16(2)11-19(29(43)44)31-25(39)21(14-37)33-27(41)23-9-6-10-35(23)28(42)22(15-45)34-26(40)20(13-36)32-24(38)18(30)12-17-7-4-3-5-8-17/h3-5,7-8,16,18-23,36-37,45H,6,9-15,30H2,1-2H3,(H,31,39)(H,32,38)(H,33,41)(H,34,40)(H,43,44)/t18-,19-,20-,21-,22-,23-/m0/s1. The fraction of sp³-hybridized carbons (Fsp3) is 0.586. The quantitative estimate of drug-likeness (QED) is 0.0804. The van der Waals surface area contributed by atoms with Crippen LogP contribution in [0.5, 0.6) is 0 Å². The highest BCUT2D eigenvalue weighted by Crippen LogP contribution is 2.19. The molecular weight excluding hydrogens is 608 g/mol. The first-order valence-corrected chi connectivity index (χ1v) is 15.3. The summed E-state index contributed by atoms with van der Waals surface area (Å²) in [7, 11) is 0. The fourth-order valence-electron chi connectivity index (χ4n) is 4.82. The molecule has 0 saturated carbocycles. The molecule has 1 aliphatic rings. The lowest BCUT2D eigenvalue weighted by molar-refractivity contribution is -0.144. The van der Waals surface area contributed by atoms with Crippen molar-refractivity contribution in [1.82, 2.24) is 26.2 Å². The highest BCUT2D eigenvalue weighted by molar-refractivity contribution is 7.80. The Labute approximate surface area is 267 Å². The smallest absolute Gasteiger partial charge is 0.326 e. The third kappa shape index (κ3) is 11.3. The molecule has 0 aromatic heterocycles. The lowest BCUT2D eigenvalue weighted by Gasteiger charge is -2.30. The van der Waals surface area contributed by atoms with E-state index in [1.54, 1.807) is 38.1 Å². The number of hydrogen-bond donors (Lipinski definition) is 9. The van der Waals surface area contributed by atoms with Crippen molar-refractivity contribution in [3.8, 4) is 0 Å². The van der Waals surface area contributed by atoms with Crippen molar-refractivity contribution < 1.29 is 44.1 Å². The Hall–Kier alpha value is -3.73. The second-order valence-electron chi connectivity index (χ2n) is 11.2. The van der Waals surface area contributed by atoms with E-state index in [9.17, 15) is 44.1 Å². The van der Waals surface area contributed by atoms with Gasteiger partial charge in [-0.05, 0) is 37.2 Å². The highest BCUT2D eigenvalue weighted by Gasteiger charge is 2.39. The topological polar surface area (TPSA) is 240 Å². The Kier molecular flexibility index (Phi) is 15.2. The predicted molar refractivity (Wildman–Crippen MR) is 166 cm³/mol. The Morgan fingerprint density at radius 1 is 0.889 bits per heavy atom. The molecule has 1 fully saturated rings. The van der Waals surface area contributed by atoms with Crippen LogP contribution in [0.3, 0.4) is 0 Å². The summed E-state index contributed by atoms with van der Waals surface area (Å²) < 4.78 is 0. The number of hydrogen-bond acceptors (Lipinski definition) is 10. The van der Waals surface area contributed by atoms with Gasteiger partial charge in [-0.25, -0.2) is 4.79 Å². The molecule has 0 bridgehead atoms. The molecule has 5 amide bonds. The fourth-order valence-corrected chi connectivity index (χ4v) is 5.07. The van der Waals surface area contributed by atoms with Crippen LogP contribution in [0.4, 0.5) is 0 Å². The van der Waals surface area contributed by atoms with Gasteiger partial charge >= 0.3 is 5.97 Å². The van der Waals surface area contributed by atoms with Gasteiger partial charge in [-0.3, -0.25) is 24.0 Å². The second-order valence-corrected chi connectivity index (χ2v) is 11.6. The van der Waals surface area contributed by atoms with Gasteiger partial charge in [-0.15, -0.1) is 0 Å². The number of nitrogens with two attached hydrogens (primary N) is 1. The minimum absolute atomic E-state index is 0.0481. The lowest BCUT2D eigenvalue weighted by atomic mass is 10.0. The van der Waals surface area contributed by atoms with Crippen molar-refractivity contribution in [2.75, 3.05) is 25.5 Å². The van der Waals surface area contributed by atoms with E-state index in [1.165, 1.54) is 4.90 Å². The maximum Gasteiger partial charge on any atom is 0.326 e. The third-order valence-corrected chi connectivity index (χ3v) is 7.59. The number of rotatable bonds is 17. The van der Waals surface area contributed by atoms with E-state index in [-0.39, 0.29) is 37.5 Å². The van der Waals surface area contributed by atoms with E-state index in [0.29, 0.717) is 6.42 Å². The average Bonchev–Trinajstić information content (AvgIpc) is 3.50. The zero-order chi connectivity index (χ0) is 33.7. The molecule has 15 nitrogen and oxygen atoms in total. The first-order valence-electron chi connectivity index (χ1n) is 14.7. The van der Waals surface area contributed by atoms with E-state index in [4.69, 9.17) is 5.73 Å². The summed E-state index contributed by atoms with van der Waals surface area (Å²) in [4.78, 5) is 77.5. The van der Waals surface area contributed by atoms with Crippen LogP contribution >= 0.6 is 12.6 Å². The van der Waals surface area contributed by atoms with Crippen LogP contribution in [0, 0.1) is 5.92 Å². The van der Waals surface area contributed by atoms with Crippen molar-refractivity contribution in [2.24, 2.45) is 11.7 Å². The number of carbonyl (C=O) groups excluding carboxylic acids is 5. The maximum absolute atomic E-state index is 13.4. The number of amides is 5. The summed E-state index contributed by atoms with van der Waals surface area (Å²) >= 11 is 4.16. The SMILES string of the molecule is CC(C)C[C@H](NC(=O)[C@H](CO)NC(=O)[C@@H]1CCCN1C(=O)[C@H](CS)NC(=O)[C@H](CO)NC(=O)[C@@H](N)Cc1ccccc1)C(=O)O. The van der Waals surface area contributed by atoms with Crippen LogP contribution < -0.4 is 27.0 Å². The molecule has 2 rings (SSSR count). The number of carboxylic acid groups (broad SMARTS) is 1. The third-order valence-electron chi connectivity index (χ3n) is 7.22. The molecule has 1 saturated heterocycles. The molecule has 0 radical (unpaired) electrons. The van der Waals surface area contributed by atoms with E-state index in [0.717, 1.165) is 5.56 Å². The summed E-state index contributed by atoms with van der Waals surface area (Å²) in [5.74, 6) is -5.33.